The summed E-state index contributed by atoms with van der Waals surface area (Å²) in [6.07, 6.45) is 6.24. The molecule has 4 aromatic heterocycles. The van der Waals surface area contributed by atoms with E-state index in [1.54, 1.807) is 0 Å². The molecule has 4 heterocycles. The Hall–Kier alpha value is -5.56. The summed E-state index contributed by atoms with van der Waals surface area (Å²) in [5.41, 5.74) is 11.6. The number of rotatable bonds is 10. The van der Waals surface area contributed by atoms with Crippen molar-refractivity contribution in [2.45, 2.75) is 25.9 Å². The first-order valence-corrected chi connectivity index (χ1v) is 16.8. The molecule has 9 aromatic rings. The molecular formula is C42H36N6. The molecule has 4 N–H and O–H groups in total. The first-order valence-electron chi connectivity index (χ1n) is 16.8. The number of hydrogen-bond acceptors (Lipinski definition) is 4. The lowest BCUT2D eigenvalue weighted by Gasteiger charge is -2.10. The first kappa shape index (κ1) is 28.6. The van der Waals surface area contributed by atoms with E-state index in [0.717, 1.165) is 82.6 Å². The Balaban J connectivity index is 0.906. The molecular weight excluding hydrogens is 589 g/mol. The van der Waals surface area contributed by atoms with Crippen LogP contribution < -0.4 is 10.6 Å². The number of H-pyrrole nitrogens is 2. The van der Waals surface area contributed by atoms with Gasteiger partial charge in [-0.05, 0) is 103 Å². The topological polar surface area (TPSA) is 81.4 Å². The van der Waals surface area contributed by atoms with Crippen molar-refractivity contribution in [3.63, 3.8) is 0 Å². The fourth-order valence-corrected chi connectivity index (χ4v) is 7.12. The maximum absolute atomic E-state index is 5.16. The van der Waals surface area contributed by atoms with Crippen molar-refractivity contribution in [2.75, 3.05) is 13.1 Å². The Kier molecular flexibility index (Phi) is 7.30. The van der Waals surface area contributed by atoms with Gasteiger partial charge in [-0.15, -0.1) is 0 Å². The van der Waals surface area contributed by atoms with Crippen molar-refractivity contribution < 1.29 is 0 Å². The molecule has 9 rings (SSSR count). The minimum atomic E-state index is 0.814. The van der Waals surface area contributed by atoms with E-state index in [-0.39, 0.29) is 0 Å². The molecule has 0 aliphatic heterocycles. The molecule has 0 saturated heterocycles. The third-order valence-electron chi connectivity index (χ3n) is 9.64. The molecule has 0 bridgehead atoms. The summed E-state index contributed by atoms with van der Waals surface area (Å²) >= 11 is 0. The van der Waals surface area contributed by atoms with Gasteiger partial charge in [-0.25, -0.2) is 9.97 Å². The molecule has 0 radical (unpaired) electrons. The highest BCUT2D eigenvalue weighted by Crippen LogP contribution is 2.30. The minimum absolute atomic E-state index is 0.814. The van der Waals surface area contributed by atoms with Crippen molar-refractivity contribution in [2.24, 2.45) is 0 Å². The van der Waals surface area contributed by atoms with Gasteiger partial charge in [0.1, 0.15) is 0 Å². The van der Waals surface area contributed by atoms with Gasteiger partial charge in [-0.3, -0.25) is 0 Å². The number of benzene rings is 5. The number of aromatic nitrogens is 4. The summed E-state index contributed by atoms with van der Waals surface area (Å²) < 4.78 is 0. The monoisotopic (exact) mass is 624 g/mol. The second-order valence-corrected chi connectivity index (χ2v) is 12.8. The number of nitrogens with one attached hydrogen (secondary N) is 4. The van der Waals surface area contributed by atoms with Crippen LogP contribution in [0.1, 0.15) is 22.3 Å². The Labute approximate surface area is 278 Å². The number of pyridine rings is 2. The van der Waals surface area contributed by atoms with E-state index in [1.807, 2.05) is 0 Å². The summed E-state index contributed by atoms with van der Waals surface area (Å²) in [4.78, 5) is 16.9. The van der Waals surface area contributed by atoms with Crippen LogP contribution in [-0.4, -0.2) is 33.0 Å². The summed E-state index contributed by atoms with van der Waals surface area (Å²) in [6, 6.07) is 39.0. The van der Waals surface area contributed by atoms with E-state index in [2.05, 4.69) is 142 Å². The Morgan fingerprint density at radius 2 is 1.04 bits per heavy atom. The van der Waals surface area contributed by atoms with Crippen molar-refractivity contribution in [3.05, 3.63) is 144 Å². The van der Waals surface area contributed by atoms with Crippen molar-refractivity contribution in [3.8, 4) is 0 Å². The predicted octanol–water partition coefficient (Wildman–Crippen LogP) is 8.72. The fraction of sp³-hybridized carbons (Fsp3) is 0.143. The van der Waals surface area contributed by atoms with Crippen LogP contribution in [-0.2, 0) is 25.9 Å². The van der Waals surface area contributed by atoms with Gasteiger partial charge in [0.2, 0.25) is 0 Å². The Morgan fingerprint density at radius 3 is 1.69 bits per heavy atom. The van der Waals surface area contributed by atoms with Crippen LogP contribution in [0, 0.1) is 0 Å². The van der Waals surface area contributed by atoms with Crippen LogP contribution in [0.15, 0.2) is 122 Å². The molecule has 0 unspecified atom stereocenters. The van der Waals surface area contributed by atoms with Crippen LogP contribution in [0.5, 0.6) is 0 Å². The number of hydrogen-bond donors (Lipinski definition) is 4. The smallest absolute Gasteiger partial charge is 0.0803 e. The molecule has 234 valence electrons. The lowest BCUT2D eigenvalue weighted by molar-refractivity contribution is 0.689. The number of nitrogens with zero attached hydrogens (tertiary/aromatic N) is 2. The molecule has 6 heteroatoms. The Bertz CT molecular complexity index is 2590. The van der Waals surface area contributed by atoms with Gasteiger partial charge in [-0.2, -0.15) is 0 Å². The quantitative estimate of drug-likeness (QED) is 0.0697. The van der Waals surface area contributed by atoms with Gasteiger partial charge >= 0.3 is 0 Å². The van der Waals surface area contributed by atoms with Gasteiger partial charge in [0.15, 0.2) is 0 Å². The molecule has 48 heavy (non-hydrogen) atoms. The van der Waals surface area contributed by atoms with E-state index in [9.17, 15) is 0 Å². The fourth-order valence-electron chi connectivity index (χ4n) is 7.12. The second-order valence-electron chi connectivity index (χ2n) is 12.8. The largest absolute Gasteiger partial charge is 0.361 e. The summed E-state index contributed by atoms with van der Waals surface area (Å²) in [5, 5.41) is 14.4. The summed E-state index contributed by atoms with van der Waals surface area (Å²) in [6.45, 7) is 3.48. The van der Waals surface area contributed by atoms with E-state index in [4.69, 9.17) is 9.97 Å². The predicted molar refractivity (Wildman–Crippen MR) is 199 cm³/mol. The van der Waals surface area contributed by atoms with Gasteiger partial charge in [0.05, 0.1) is 22.1 Å². The van der Waals surface area contributed by atoms with Crippen LogP contribution in [0.4, 0.5) is 0 Å². The molecule has 0 spiro atoms. The van der Waals surface area contributed by atoms with Gasteiger partial charge in [-0.1, -0.05) is 54.6 Å². The Morgan fingerprint density at radius 1 is 0.479 bits per heavy atom. The highest BCUT2D eigenvalue weighted by atomic mass is 14.9. The highest BCUT2D eigenvalue weighted by molar-refractivity contribution is 6.10. The number of fused-ring (bicyclic) bond motifs is 7. The molecule has 6 nitrogen and oxygen atoms in total. The standard InChI is InChI=1S/C42H36N6/c1-3-7-39-34(5-1)30(25-45-39)15-17-43-23-27-10-13-38-32(19-27)21-29-11-14-41-36(42(29)48-38)22-33-20-28(9-12-37(33)47-41)24-44-18-16-31-26-46-40-8-4-2-6-35(31)40/h1-14,19-22,25-26,43-46H,15-18,23-24H2. The molecule has 0 fully saturated rings. The van der Waals surface area contributed by atoms with E-state index >= 15 is 0 Å². The average molecular weight is 625 g/mol. The molecule has 0 amide bonds. The molecule has 5 aromatic carbocycles. The number of aromatic amines is 2. The maximum atomic E-state index is 5.16. The van der Waals surface area contributed by atoms with E-state index in [1.165, 1.54) is 44.1 Å². The molecule has 0 atom stereocenters. The van der Waals surface area contributed by atoms with Crippen LogP contribution in [0.2, 0.25) is 0 Å². The van der Waals surface area contributed by atoms with Crippen molar-refractivity contribution in [1.29, 1.82) is 0 Å². The van der Waals surface area contributed by atoms with E-state index < -0.39 is 0 Å². The van der Waals surface area contributed by atoms with Crippen LogP contribution in [0.25, 0.3) is 65.4 Å². The molecule has 0 saturated carbocycles. The summed E-state index contributed by atoms with van der Waals surface area (Å²) in [7, 11) is 0. The van der Waals surface area contributed by atoms with Crippen molar-refractivity contribution >= 4 is 65.4 Å². The molecule has 0 aliphatic carbocycles. The zero-order chi connectivity index (χ0) is 31.9. The summed E-state index contributed by atoms with van der Waals surface area (Å²) in [5.74, 6) is 0. The maximum Gasteiger partial charge on any atom is 0.0803 e. The highest BCUT2D eigenvalue weighted by Gasteiger charge is 2.10. The zero-order valence-electron chi connectivity index (χ0n) is 26.7. The van der Waals surface area contributed by atoms with Gasteiger partial charge < -0.3 is 20.6 Å². The molecule has 0 aliphatic rings. The van der Waals surface area contributed by atoms with Crippen LogP contribution >= 0.6 is 0 Å². The lowest BCUT2D eigenvalue weighted by Crippen LogP contribution is -2.16. The van der Waals surface area contributed by atoms with Gasteiger partial charge in [0, 0.05) is 68.8 Å². The second kappa shape index (κ2) is 12.2. The third kappa shape index (κ3) is 5.45. The van der Waals surface area contributed by atoms with E-state index in [0.29, 0.717) is 0 Å². The third-order valence-corrected chi connectivity index (χ3v) is 9.64. The normalized spacial score (nSPS) is 12.0. The lowest BCUT2D eigenvalue weighted by atomic mass is 10.0. The SMILES string of the molecule is c1ccc2c(CCNCc3ccc4nc5ccc6cc7cc(CNCCc8c[nH]c9ccccc89)ccc7nc6c5cc4c3)c[nH]c2c1. The average Bonchev–Trinajstić information content (AvgIpc) is 3.74. The zero-order valence-corrected chi connectivity index (χ0v) is 26.7. The van der Waals surface area contributed by atoms with Crippen molar-refractivity contribution in [1.82, 2.24) is 30.6 Å². The number of para-hydroxylation sites is 2. The minimum Gasteiger partial charge on any atom is -0.361 e. The van der Waals surface area contributed by atoms with Crippen LogP contribution in [0.3, 0.4) is 0 Å². The van der Waals surface area contributed by atoms with Gasteiger partial charge in [0.25, 0.3) is 0 Å². The first-order chi connectivity index (χ1) is 23.7.